The minimum absolute atomic E-state index is 0.155. The lowest BCUT2D eigenvalue weighted by Crippen LogP contribution is -2.27. The predicted molar refractivity (Wildman–Crippen MR) is 79.2 cm³/mol. The molecule has 0 bridgehead atoms. The Kier molecular flexibility index (Phi) is 5.25. The Bertz CT molecular complexity index is 525. The Morgan fingerprint density at radius 1 is 1.43 bits per heavy atom. The van der Waals surface area contributed by atoms with Crippen LogP contribution in [0.25, 0.3) is 0 Å². The number of carbonyl (C=O) groups is 1. The van der Waals surface area contributed by atoms with Gasteiger partial charge in [-0.15, -0.1) is 0 Å². The zero-order chi connectivity index (χ0) is 15.2. The van der Waals surface area contributed by atoms with Crippen molar-refractivity contribution in [1.82, 2.24) is 10.3 Å². The minimum Gasteiger partial charge on any atom is -0.352 e. The number of hydrogen-bond acceptors (Lipinski definition) is 4. The van der Waals surface area contributed by atoms with Gasteiger partial charge in [0, 0.05) is 12.6 Å². The molecule has 1 aromatic rings. The molecule has 21 heavy (non-hydrogen) atoms. The predicted octanol–water partition coefficient (Wildman–Crippen LogP) is 3.00. The fourth-order valence-electron chi connectivity index (χ4n) is 2.81. The molecule has 1 N–H and O–H groups in total. The number of aromatic nitrogens is 1. The lowest BCUT2D eigenvalue weighted by molar-refractivity contribution is -0.385. The Morgan fingerprint density at radius 3 is 2.81 bits per heavy atom. The molecule has 1 aromatic heterocycles. The van der Waals surface area contributed by atoms with Crippen LogP contribution < -0.4 is 5.32 Å². The summed E-state index contributed by atoms with van der Waals surface area (Å²) < 4.78 is 0. The van der Waals surface area contributed by atoms with E-state index in [1.807, 2.05) is 0 Å². The van der Waals surface area contributed by atoms with Crippen molar-refractivity contribution in [1.29, 1.82) is 0 Å². The van der Waals surface area contributed by atoms with Gasteiger partial charge in [-0.3, -0.25) is 19.9 Å². The van der Waals surface area contributed by atoms with Crippen LogP contribution in [0.4, 0.5) is 5.69 Å². The molecule has 1 saturated carbocycles. The average molecular weight is 291 g/mol. The fraction of sp³-hybridized carbons (Fsp3) is 0.600. The molecule has 2 rings (SSSR count). The maximum atomic E-state index is 12.1. The minimum atomic E-state index is -0.536. The molecule has 0 spiro atoms. The van der Waals surface area contributed by atoms with Crippen LogP contribution in [0.1, 0.15) is 54.6 Å². The van der Waals surface area contributed by atoms with Crippen LogP contribution in [0.2, 0.25) is 0 Å². The van der Waals surface area contributed by atoms with Gasteiger partial charge in [0.1, 0.15) is 6.20 Å². The van der Waals surface area contributed by atoms with Crippen LogP contribution in [0.5, 0.6) is 0 Å². The van der Waals surface area contributed by atoms with Crippen molar-refractivity contribution in [2.75, 3.05) is 6.54 Å². The van der Waals surface area contributed by atoms with Crippen LogP contribution in [-0.2, 0) is 0 Å². The third kappa shape index (κ3) is 4.24. The van der Waals surface area contributed by atoms with Gasteiger partial charge in [-0.05, 0) is 19.3 Å². The maximum absolute atomic E-state index is 12.1. The van der Waals surface area contributed by atoms with Gasteiger partial charge in [0.05, 0.1) is 16.2 Å². The van der Waals surface area contributed by atoms with Crippen molar-refractivity contribution in [3.63, 3.8) is 0 Å². The highest BCUT2D eigenvalue weighted by Gasteiger charge is 2.17. The van der Waals surface area contributed by atoms with Crippen LogP contribution in [0, 0.1) is 23.0 Å². The number of amides is 1. The first-order chi connectivity index (χ1) is 10.1. The average Bonchev–Trinajstić information content (AvgIpc) is 2.48. The summed E-state index contributed by atoms with van der Waals surface area (Å²) in [6, 6.07) is 1.29. The van der Waals surface area contributed by atoms with Crippen molar-refractivity contribution in [2.24, 2.45) is 5.92 Å². The second-order valence-electron chi connectivity index (χ2n) is 5.63. The van der Waals surface area contributed by atoms with Gasteiger partial charge in [-0.25, -0.2) is 0 Å². The smallest absolute Gasteiger partial charge is 0.288 e. The molecule has 0 saturated heterocycles. The molecule has 1 fully saturated rings. The van der Waals surface area contributed by atoms with Gasteiger partial charge in [0.2, 0.25) is 0 Å². The second-order valence-corrected chi connectivity index (χ2v) is 5.63. The number of rotatable bonds is 5. The molecule has 1 aliphatic rings. The lowest BCUT2D eigenvalue weighted by Gasteiger charge is -2.21. The van der Waals surface area contributed by atoms with Gasteiger partial charge in [-0.1, -0.05) is 32.1 Å². The van der Waals surface area contributed by atoms with Gasteiger partial charge in [-0.2, -0.15) is 0 Å². The Labute approximate surface area is 124 Å². The summed E-state index contributed by atoms with van der Waals surface area (Å²) in [7, 11) is 0. The van der Waals surface area contributed by atoms with Gasteiger partial charge < -0.3 is 5.32 Å². The van der Waals surface area contributed by atoms with E-state index in [4.69, 9.17) is 0 Å². The van der Waals surface area contributed by atoms with Crippen LogP contribution in [-0.4, -0.2) is 22.4 Å². The molecule has 1 amide bonds. The fourth-order valence-corrected chi connectivity index (χ4v) is 2.81. The molecule has 114 valence electrons. The summed E-state index contributed by atoms with van der Waals surface area (Å²) in [5.74, 6) is 0.419. The normalized spacial score (nSPS) is 15.7. The van der Waals surface area contributed by atoms with Crippen molar-refractivity contribution >= 4 is 11.6 Å². The number of nitrogens with zero attached hydrogens (tertiary/aromatic N) is 2. The van der Waals surface area contributed by atoms with E-state index in [2.05, 4.69) is 10.3 Å². The van der Waals surface area contributed by atoms with Gasteiger partial charge in [0.25, 0.3) is 11.6 Å². The molecule has 0 aromatic carbocycles. The number of nitro groups is 1. The topological polar surface area (TPSA) is 85.1 Å². The van der Waals surface area contributed by atoms with E-state index in [0.29, 0.717) is 18.2 Å². The summed E-state index contributed by atoms with van der Waals surface area (Å²) in [6.45, 7) is 2.30. The van der Waals surface area contributed by atoms with Crippen molar-refractivity contribution in [3.8, 4) is 0 Å². The van der Waals surface area contributed by atoms with Gasteiger partial charge in [0.15, 0.2) is 0 Å². The Balaban J connectivity index is 1.90. The maximum Gasteiger partial charge on any atom is 0.288 e. The number of hydrogen-bond donors (Lipinski definition) is 1. The van der Waals surface area contributed by atoms with E-state index < -0.39 is 4.92 Å². The Morgan fingerprint density at radius 2 is 2.14 bits per heavy atom. The van der Waals surface area contributed by atoms with E-state index in [0.717, 1.165) is 6.42 Å². The monoisotopic (exact) mass is 291 g/mol. The number of aryl methyl sites for hydroxylation is 1. The largest absolute Gasteiger partial charge is 0.352 e. The van der Waals surface area contributed by atoms with E-state index in [-0.39, 0.29) is 17.2 Å². The van der Waals surface area contributed by atoms with Crippen molar-refractivity contribution in [3.05, 3.63) is 33.6 Å². The SMILES string of the molecule is Cc1ncc([N+](=O)[O-])cc1C(=O)NCCC1CCCCC1. The summed E-state index contributed by atoms with van der Waals surface area (Å²) in [5.41, 5.74) is 0.640. The highest BCUT2D eigenvalue weighted by atomic mass is 16.6. The summed E-state index contributed by atoms with van der Waals surface area (Å²) in [6.07, 6.45) is 8.53. The third-order valence-electron chi connectivity index (χ3n) is 4.09. The molecule has 1 aliphatic carbocycles. The molecule has 0 unspecified atom stereocenters. The van der Waals surface area contributed by atoms with Crippen LogP contribution >= 0.6 is 0 Å². The van der Waals surface area contributed by atoms with Crippen LogP contribution in [0.15, 0.2) is 12.3 Å². The molecule has 6 heteroatoms. The van der Waals surface area contributed by atoms with E-state index in [9.17, 15) is 14.9 Å². The first-order valence-corrected chi connectivity index (χ1v) is 7.47. The molecule has 0 atom stereocenters. The van der Waals surface area contributed by atoms with Crippen molar-refractivity contribution < 1.29 is 9.72 Å². The first-order valence-electron chi connectivity index (χ1n) is 7.47. The summed E-state index contributed by atoms with van der Waals surface area (Å²) >= 11 is 0. The zero-order valence-electron chi connectivity index (χ0n) is 12.3. The molecular weight excluding hydrogens is 270 g/mol. The molecule has 0 radical (unpaired) electrons. The van der Waals surface area contributed by atoms with Crippen molar-refractivity contribution in [2.45, 2.75) is 45.4 Å². The molecular formula is C15H21N3O3. The number of carbonyl (C=O) groups excluding carboxylic acids is 1. The third-order valence-corrected chi connectivity index (χ3v) is 4.09. The molecule has 0 aliphatic heterocycles. The standard InChI is InChI=1S/C15H21N3O3/c1-11-14(9-13(10-17-11)18(20)21)15(19)16-8-7-12-5-3-2-4-6-12/h9-10,12H,2-8H2,1H3,(H,16,19). The van der Waals surface area contributed by atoms with E-state index in [1.165, 1.54) is 44.4 Å². The van der Waals surface area contributed by atoms with Crippen LogP contribution in [0.3, 0.4) is 0 Å². The second kappa shape index (κ2) is 7.15. The summed E-state index contributed by atoms with van der Waals surface area (Å²) in [5, 5.41) is 13.6. The number of nitrogens with one attached hydrogen (secondary N) is 1. The quantitative estimate of drug-likeness (QED) is 0.667. The molecule has 6 nitrogen and oxygen atoms in total. The number of pyridine rings is 1. The first kappa shape index (κ1) is 15.4. The highest BCUT2D eigenvalue weighted by molar-refractivity contribution is 5.95. The van der Waals surface area contributed by atoms with E-state index >= 15 is 0 Å². The highest BCUT2D eigenvalue weighted by Crippen LogP contribution is 2.25. The van der Waals surface area contributed by atoms with Gasteiger partial charge >= 0.3 is 0 Å². The summed E-state index contributed by atoms with van der Waals surface area (Å²) in [4.78, 5) is 26.2. The zero-order valence-corrected chi connectivity index (χ0v) is 12.3. The van der Waals surface area contributed by atoms with E-state index in [1.54, 1.807) is 6.92 Å². The molecule has 1 heterocycles. The Hall–Kier alpha value is -1.98. The lowest BCUT2D eigenvalue weighted by atomic mass is 9.87.